The first-order valence-electron chi connectivity index (χ1n) is 11.2. The molecule has 36 heavy (non-hydrogen) atoms. The lowest BCUT2D eigenvalue weighted by Gasteiger charge is -2.13. The van der Waals surface area contributed by atoms with Crippen molar-refractivity contribution in [2.24, 2.45) is 0 Å². The van der Waals surface area contributed by atoms with Crippen molar-refractivity contribution in [3.8, 4) is 0 Å². The number of esters is 1. The second-order valence-corrected chi connectivity index (χ2v) is 8.18. The monoisotopic (exact) mass is 493 g/mol. The molecule has 0 aliphatic rings. The summed E-state index contributed by atoms with van der Waals surface area (Å²) in [5.41, 5.74) is 3.48. The highest BCUT2D eigenvalue weighted by atomic mass is 16.6. The van der Waals surface area contributed by atoms with E-state index in [-0.39, 0.29) is 17.8 Å². The van der Waals surface area contributed by atoms with Gasteiger partial charge >= 0.3 is 5.97 Å². The van der Waals surface area contributed by atoms with Crippen LogP contribution < -0.4 is 10.6 Å². The van der Waals surface area contributed by atoms with Crippen LogP contribution in [-0.4, -0.2) is 45.1 Å². The quantitative estimate of drug-likeness (QED) is 0.251. The van der Waals surface area contributed by atoms with Crippen molar-refractivity contribution < 1.29 is 24.0 Å². The lowest BCUT2D eigenvalue weighted by Crippen LogP contribution is -2.41. The Morgan fingerprint density at radius 2 is 1.83 bits per heavy atom. The molecular weight excluding hydrogens is 466 g/mol. The first-order chi connectivity index (χ1) is 17.2. The summed E-state index contributed by atoms with van der Waals surface area (Å²) in [5.74, 6) is -1.99. The molecule has 1 heterocycles. The van der Waals surface area contributed by atoms with Crippen LogP contribution in [0.25, 0.3) is 0 Å². The summed E-state index contributed by atoms with van der Waals surface area (Å²) in [6.07, 6.45) is 0. The summed E-state index contributed by atoms with van der Waals surface area (Å²) < 4.78 is 6.88. The van der Waals surface area contributed by atoms with Crippen LogP contribution in [-0.2, 0) is 27.4 Å². The maximum absolute atomic E-state index is 12.3. The molecule has 0 spiro atoms. The number of nitro groups is 1. The minimum atomic E-state index is -1.06. The number of non-ortho nitro benzene ring substituents is 1. The topological polar surface area (TPSA) is 145 Å². The normalized spacial score (nSPS) is 11.4. The predicted molar refractivity (Wildman–Crippen MR) is 130 cm³/mol. The minimum absolute atomic E-state index is 0.0279. The van der Waals surface area contributed by atoms with Crippen LogP contribution in [0.15, 0.2) is 54.6 Å². The number of aromatic nitrogens is 2. The molecular formula is C25H27N5O6. The van der Waals surface area contributed by atoms with Crippen LogP contribution in [0.2, 0.25) is 0 Å². The van der Waals surface area contributed by atoms with Crippen molar-refractivity contribution in [2.45, 2.75) is 39.9 Å². The summed E-state index contributed by atoms with van der Waals surface area (Å²) in [6.45, 7) is 5.49. The molecule has 2 N–H and O–H groups in total. The highest BCUT2D eigenvalue weighted by Gasteiger charge is 2.20. The zero-order chi connectivity index (χ0) is 26.2. The van der Waals surface area contributed by atoms with E-state index < -0.39 is 35.4 Å². The summed E-state index contributed by atoms with van der Waals surface area (Å²) in [4.78, 5) is 47.0. The molecule has 1 aromatic heterocycles. The minimum Gasteiger partial charge on any atom is -0.454 e. The van der Waals surface area contributed by atoms with Gasteiger partial charge in [0.1, 0.15) is 6.04 Å². The largest absolute Gasteiger partial charge is 0.454 e. The first kappa shape index (κ1) is 26.1. The number of amides is 2. The van der Waals surface area contributed by atoms with Crippen molar-refractivity contribution in [2.75, 3.05) is 6.61 Å². The Morgan fingerprint density at radius 3 is 2.53 bits per heavy atom. The molecule has 0 unspecified atom stereocenters. The fourth-order valence-electron chi connectivity index (χ4n) is 3.50. The second-order valence-electron chi connectivity index (χ2n) is 8.18. The van der Waals surface area contributed by atoms with Crippen LogP contribution >= 0.6 is 0 Å². The third-order valence-electron chi connectivity index (χ3n) is 5.53. The average Bonchev–Trinajstić information content (AvgIpc) is 3.13. The number of ether oxygens (including phenoxy) is 1. The van der Waals surface area contributed by atoms with Gasteiger partial charge < -0.3 is 15.4 Å². The van der Waals surface area contributed by atoms with Gasteiger partial charge in [-0.2, -0.15) is 5.10 Å². The van der Waals surface area contributed by atoms with Gasteiger partial charge in [-0.3, -0.25) is 24.4 Å². The molecule has 0 fully saturated rings. The highest BCUT2D eigenvalue weighted by molar-refractivity contribution is 5.97. The number of aryl methyl sites for hydroxylation is 1. The van der Waals surface area contributed by atoms with E-state index in [0.717, 1.165) is 28.6 Å². The summed E-state index contributed by atoms with van der Waals surface area (Å²) in [6, 6.07) is 14.0. The lowest BCUT2D eigenvalue weighted by molar-refractivity contribution is -0.384. The number of carbonyl (C=O) groups is 3. The van der Waals surface area contributed by atoms with Gasteiger partial charge in [0.15, 0.2) is 6.61 Å². The Hall–Kier alpha value is -4.54. The Labute approximate surface area is 207 Å². The molecule has 0 saturated carbocycles. The molecule has 3 rings (SSSR count). The van der Waals surface area contributed by atoms with Gasteiger partial charge in [-0.05, 0) is 32.4 Å². The van der Waals surface area contributed by atoms with Gasteiger partial charge in [0, 0.05) is 35.5 Å². The van der Waals surface area contributed by atoms with Crippen molar-refractivity contribution >= 4 is 23.5 Å². The van der Waals surface area contributed by atoms with E-state index in [1.54, 1.807) is 0 Å². The zero-order valence-electron chi connectivity index (χ0n) is 20.2. The summed E-state index contributed by atoms with van der Waals surface area (Å²) >= 11 is 0. The molecule has 0 radical (unpaired) electrons. The average molecular weight is 494 g/mol. The molecule has 2 aromatic carbocycles. The van der Waals surface area contributed by atoms with Gasteiger partial charge in [-0.25, -0.2) is 4.79 Å². The van der Waals surface area contributed by atoms with E-state index in [4.69, 9.17) is 4.74 Å². The number of carbonyl (C=O) groups excluding carboxylic acids is 3. The van der Waals surface area contributed by atoms with Crippen LogP contribution in [0, 0.1) is 24.0 Å². The van der Waals surface area contributed by atoms with Gasteiger partial charge in [0.2, 0.25) is 0 Å². The zero-order valence-corrected chi connectivity index (χ0v) is 20.2. The molecule has 0 bridgehead atoms. The molecule has 11 nitrogen and oxygen atoms in total. The number of nitro benzene ring substituents is 1. The molecule has 0 aliphatic carbocycles. The maximum atomic E-state index is 12.3. The van der Waals surface area contributed by atoms with Crippen LogP contribution in [0.3, 0.4) is 0 Å². The summed E-state index contributed by atoms with van der Waals surface area (Å²) in [7, 11) is 0. The number of nitrogens with one attached hydrogen (secondary N) is 2. The van der Waals surface area contributed by atoms with E-state index in [1.165, 1.54) is 25.1 Å². The van der Waals surface area contributed by atoms with Crippen molar-refractivity contribution in [1.29, 1.82) is 0 Å². The number of hydrogen-bond donors (Lipinski definition) is 2. The fourth-order valence-corrected chi connectivity index (χ4v) is 3.50. The van der Waals surface area contributed by atoms with Gasteiger partial charge in [0.05, 0.1) is 17.2 Å². The van der Waals surface area contributed by atoms with Crippen molar-refractivity contribution in [1.82, 2.24) is 20.4 Å². The SMILES string of the molecule is Cc1nn(Cc2ccccc2)c(C)c1CNC(=O)COC(=O)[C@H](C)NC(=O)c1cccc([N+](=O)[O-])c1. The first-order valence-corrected chi connectivity index (χ1v) is 11.2. The smallest absolute Gasteiger partial charge is 0.328 e. The molecule has 3 aromatic rings. The van der Waals surface area contributed by atoms with Crippen molar-refractivity contribution in [3.63, 3.8) is 0 Å². The third-order valence-corrected chi connectivity index (χ3v) is 5.53. The molecule has 1 atom stereocenters. The molecule has 0 aliphatic heterocycles. The van der Waals surface area contributed by atoms with Gasteiger partial charge in [0.25, 0.3) is 17.5 Å². The van der Waals surface area contributed by atoms with E-state index in [2.05, 4.69) is 15.7 Å². The van der Waals surface area contributed by atoms with Crippen LogP contribution in [0.5, 0.6) is 0 Å². The van der Waals surface area contributed by atoms with Gasteiger partial charge in [-0.15, -0.1) is 0 Å². The molecule has 2 amide bonds. The van der Waals surface area contributed by atoms with Gasteiger partial charge in [-0.1, -0.05) is 36.4 Å². The number of nitrogens with zero attached hydrogens (tertiary/aromatic N) is 3. The molecule has 0 saturated heterocycles. The second kappa shape index (κ2) is 11.7. The Morgan fingerprint density at radius 1 is 1.11 bits per heavy atom. The highest BCUT2D eigenvalue weighted by Crippen LogP contribution is 2.15. The summed E-state index contributed by atoms with van der Waals surface area (Å²) in [5, 5.41) is 20.5. The number of rotatable bonds is 10. The van der Waals surface area contributed by atoms with E-state index >= 15 is 0 Å². The predicted octanol–water partition coefficient (Wildman–Crippen LogP) is 2.43. The van der Waals surface area contributed by atoms with Crippen molar-refractivity contribution in [3.05, 3.63) is 92.8 Å². The third kappa shape index (κ3) is 6.75. The maximum Gasteiger partial charge on any atom is 0.328 e. The van der Waals surface area contributed by atoms with Crippen LogP contribution in [0.1, 0.15) is 39.8 Å². The van der Waals surface area contributed by atoms with Crippen LogP contribution in [0.4, 0.5) is 5.69 Å². The fraction of sp³-hybridized carbons (Fsp3) is 0.280. The Balaban J connectivity index is 1.47. The standard InChI is InChI=1S/C25H27N5O6/c1-16-22(18(3)29(28-16)14-19-8-5-4-6-9-19)13-26-23(31)15-36-25(33)17(2)27-24(32)20-10-7-11-21(12-20)30(34)35/h4-12,17H,13-15H2,1-3H3,(H,26,31)(H,27,32)/t17-/m0/s1. The number of hydrogen-bond acceptors (Lipinski definition) is 7. The molecule has 11 heteroatoms. The van der Waals surface area contributed by atoms with E-state index in [9.17, 15) is 24.5 Å². The lowest BCUT2D eigenvalue weighted by atomic mass is 10.2. The number of benzene rings is 2. The Kier molecular flexibility index (Phi) is 8.50. The Bertz CT molecular complexity index is 1270. The van der Waals surface area contributed by atoms with E-state index in [0.29, 0.717) is 6.54 Å². The molecule has 188 valence electrons. The van der Waals surface area contributed by atoms with E-state index in [1.807, 2.05) is 48.9 Å².